The first-order valence-corrected chi connectivity index (χ1v) is 5.37. The molecule has 2 N–H and O–H groups in total. The summed E-state index contributed by atoms with van der Waals surface area (Å²) in [5.74, 6) is 5.91. The van der Waals surface area contributed by atoms with Crippen LogP contribution in [0.25, 0.3) is 0 Å². The maximum absolute atomic E-state index is 8.65. The molecule has 0 radical (unpaired) electrons. The molecule has 0 heterocycles. The summed E-state index contributed by atoms with van der Waals surface area (Å²) in [5.41, 5.74) is -1.22. The van der Waals surface area contributed by atoms with Gasteiger partial charge in [-0.05, 0) is 27.7 Å². The van der Waals surface area contributed by atoms with E-state index in [0.29, 0.717) is 0 Å². The van der Waals surface area contributed by atoms with Gasteiger partial charge < -0.3 is 19.7 Å². The zero-order valence-corrected chi connectivity index (χ0v) is 10.5. The van der Waals surface area contributed by atoms with Gasteiger partial charge in [0.1, 0.15) is 11.2 Å². The molecular weight excluding hydrogens is 208 g/mol. The summed E-state index contributed by atoms with van der Waals surface area (Å²) < 4.78 is 10.7. The van der Waals surface area contributed by atoms with E-state index in [0.717, 1.165) is 0 Å². The molecule has 0 aromatic carbocycles. The predicted molar refractivity (Wildman–Crippen MR) is 62.0 cm³/mol. The number of hydrogen-bond acceptors (Lipinski definition) is 4. The Hall–Kier alpha value is -0.600. The lowest BCUT2D eigenvalue weighted by Crippen LogP contribution is -2.28. The summed E-state index contributed by atoms with van der Waals surface area (Å²) in [6.45, 7) is 7.81. The predicted octanol–water partition coefficient (Wildman–Crippen LogP) is 0.565. The fourth-order valence-corrected chi connectivity index (χ4v) is 0.975. The fraction of sp³-hybridized carbons (Fsp3) is 0.833. The first kappa shape index (κ1) is 15.4. The Bertz CT molecular complexity index is 223. The van der Waals surface area contributed by atoms with Crippen molar-refractivity contribution in [3.8, 4) is 11.8 Å². The minimum Gasteiger partial charge on any atom is -0.394 e. The molecule has 0 saturated heterocycles. The van der Waals surface area contributed by atoms with E-state index in [1.54, 1.807) is 0 Å². The summed E-state index contributed by atoms with van der Waals surface area (Å²) in [6.07, 6.45) is 0. The lowest BCUT2D eigenvalue weighted by Gasteiger charge is -2.21. The molecule has 0 rings (SSSR count). The third-order valence-corrected chi connectivity index (χ3v) is 1.77. The summed E-state index contributed by atoms with van der Waals surface area (Å²) in [4.78, 5) is 0. The van der Waals surface area contributed by atoms with Crippen LogP contribution in [0.3, 0.4) is 0 Å². The molecule has 0 spiro atoms. The SMILES string of the molecule is CC(C)(C#CC(C)(C)OCCO)OCCO. The lowest BCUT2D eigenvalue weighted by molar-refractivity contribution is -0.00121. The third-order valence-electron chi connectivity index (χ3n) is 1.77. The highest BCUT2D eigenvalue weighted by atomic mass is 16.5. The van der Waals surface area contributed by atoms with Crippen LogP contribution in [0.1, 0.15) is 27.7 Å². The Labute approximate surface area is 97.6 Å². The van der Waals surface area contributed by atoms with Crippen molar-refractivity contribution in [1.29, 1.82) is 0 Å². The van der Waals surface area contributed by atoms with Crippen LogP contribution in [0, 0.1) is 11.8 Å². The number of ether oxygens (including phenoxy) is 2. The van der Waals surface area contributed by atoms with Crippen LogP contribution in [-0.4, -0.2) is 47.8 Å². The van der Waals surface area contributed by atoms with Crippen LogP contribution < -0.4 is 0 Å². The van der Waals surface area contributed by atoms with E-state index in [-0.39, 0.29) is 26.4 Å². The minimum atomic E-state index is -0.609. The summed E-state index contributed by atoms with van der Waals surface area (Å²) in [6, 6.07) is 0. The Morgan fingerprint density at radius 3 is 1.38 bits per heavy atom. The maximum Gasteiger partial charge on any atom is 0.123 e. The smallest absolute Gasteiger partial charge is 0.123 e. The number of aliphatic hydroxyl groups excluding tert-OH is 2. The topological polar surface area (TPSA) is 58.9 Å². The molecule has 0 saturated carbocycles. The molecule has 0 unspecified atom stereocenters. The van der Waals surface area contributed by atoms with Crippen LogP contribution in [-0.2, 0) is 9.47 Å². The van der Waals surface area contributed by atoms with Crippen molar-refractivity contribution in [2.45, 2.75) is 38.9 Å². The molecule has 4 heteroatoms. The normalized spacial score (nSPS) is 12.1. The number of aliphatic hydroxyl groups is 2. The summed E-state index contributed by atoms with van der Waals surface area (Å²) >= 11 is 0. The zero-order chi connectivity index (χ0) is 12.7. The molecule has 0 aromatic rings. The van der Waals surface area contributed by atoms with Crippen molar-refractivity contribution in [1.82, 2.24) is 0 Å². The average Bonchev–Trinajstić information content (AvgIpc) is 2.22. The second-order valence-corrected chi connectivity index (χ2v) is 4.41. The number of hydrogen-bond donors (Lipinski definition) is 2. The van der Waals surface area contributed by atoms with Crippen LogP contribution in [0.4, 0.5) is 0 Å². The van der Waals surface area contributed by atoms with E-state index in [9.17, 15) is 0 Å². The van der Waals surface area contributed by atoms with Gasteiger partial charge in [-0.15, -0.1) is 0 Å². The molecule has 0 aliphatic carbocycles. The van der Waals surface area contributed by atoms with Crippen molar-refractivity contribution in [3.63, 3.8) is 0 Å². The zero-order valence-electron chi connectivity index (χ0n) is 10.5. The van der Waals surface area contributed by atoms with Crippen molar-refractivity contribution in [2.24, 2.45) is 0 Å². The maximum atomic E-state index is 8.65. The highest BCUT2D eigenvalue weighted by Gasteiger charge is 2.18. The molecule has 0 aliphatic heterocycles. The van der Waals surface area contributed by atoms with Gasteiger partial charge in [-0.2, -0.15) is 0 Å². The van der Waals surface area contributed by atoms with E-state index in [1.165, 1.54) is 0 Å². The Morgan fingerprint density at radius 2 is 1.12 bits per heavy atom. The van der Waals surface area contributed by atoms with Gasteiger partial charge >= 0.3 is 0 Å². The molecule has 0 aliphatic rings. The van der Waals surface area contributed by atoms with Gasteiger partial charge in [-0.1, -0.05) is 11.8 Å². The van der Waals surface area contributed by atoms with Gasteiger partial charge in [0.05, 0.1) is 26.4 Å². The van der Waals surface area contributed by atoms with Gasteiger partial charge in [0.25, 0.3) is 0 Å². The van der Waals surface area contributed by atoms with E-state index < -0.39 is 11.2 Å². The molecular formula is C12H22O4. The summed E-state index contributed by atoms with van der Waals surface area (Å²) in [5, 5.41) is 17.3. The van der Waals surface area contributed by atoms with Crippen molar-refractivity contribution in [3.05, 3.63) is 0 Å². The van der Waals surface area contributed by atoms with Gasteiger partial charge in [-0.25, -0.2) is 0 Å². The largest absolute Gasteiger partial charge is 0.394 e. The van der Waals surface area contributed by atoms with Crippen molar-refractivity contribution >= 4 is 0 Å². The first-order valence-electron chi connectivity index (χ1n) is 5.37. The molecule has 0 atom stereocenters. The third kappa shape index (κ3) is 7.66. The quantitative estimate of drug-likeness (QED) is 0.655. The van der Waals surface area contributed by atoms with E-state index >= 15 is 0 Å². The first-order chi connectivity index (χ1) is 7.33. The molecule has 0 bridgehead atoms. The number of rotatable bonds is 6. The second kappa shape index (κ2) is 6.87. The fourth-order valence-electron chi connectivity index (χ4n) is 0.975. The standard InChI is InChI=1S/C12H22O4/c1-11(2,15-9-7-13)5-6-12(3,4)16-10-8-14/h13-14H,7-10H2,1-4H3. The Morgan fingerprint density at radius 1 is 0.812 bits per heavy atom. The van der Waals surface area contributed by atoms with Crippen LogP contribution in [0.15, 0.2) is 0 Å². The van der Waals surface area contributed by atoms with Crippen LogP contribution in [0.5, 0.6) is 0 Å². The molecule has 4 nitrogen and oxygen atoms in total. The van der Waals surface area contributed by atoms with E-state index in [4.69, 9.17) is 19.7 Å². The molecule has 0 amide bonds. The van der Waals surface area contributed by atoms with Crippen LogP contribution >= 0.6 is 0 Å². The Balaban J connectivity index is 4.33. The van der Waals surface area contributed by atoms with Crippen molar-refractivity contribution in [2.75, 3.05) is 26.4 Å². The summed E-state index contributed by atoms with van der Waals surface area (Å²) in [7, 11) is 0. The highest BCUT2D eigenvalue weighted by Crippen LogP contribution is 2.11. The minimum absolute atomic E-state index is 0.0183. The van der Waals surface area contributed by atoms with Gasteiger partial charge in [-0.3, -0.25) is 0 Å². The Kier molecular flexibility index (Phi) is 6.61. The van der Waals surface area contributed by atoms with E-state index in [2.05, 4.69) is 11.8 Å². The van der Waals surface area contributed by atoms with Crippen LogP contribution in [0.2, 0.25) is 0 Å². The molecule has 0 aromatic heterocycles. The van der Waals surface area contributed by atoms with Crippen molar-refractivity contribution < 1.29 is 19.7 Å². The molecule has 94 valence electrons. The van der Waals surface area contributed by atoms with Gasteiger partial charge in [0.15, 0.2) is 0 Å². The molecule has 16 heavy (non-hydrogen) atoms. The van der Waals surface area contributed by atoms with Gasteiger partial charge in [0, 0.05) is 0 Å². The lowest BCUT2D eigenvalue weighted by atomic mass is 10.1. The average molecular weight is 230 g/mol. The van der Waals surface area contributed by atoms with E-state index in [1.807, 2.05) is 27.7 Å². The monoisotopic (exact) mass is 230 g/mol. The second-order valence-electron chi connectivity index (χ2n) is 4.41. The van der Waals surface area contributed by atoms with Gasteiger partial charge in [0.2, 0.25) is 0 Å². The molecule has 0 fully saturated rings. The highest BCUT2D eigenvalue weighted by molar-refractivity contribution is 5.18.